The van der Waals surface area contributed by atoms with Crippen molar-refractivity contribution in [2.24, 2.45) is 0 Å². The number of aromatic nitrogens is 3. The van der Waals surface area contributed by atoms with E-state index in [0.717, 1.165) is 79.7 Å². The summed E-state index contributed by atoms with van der Waals surface area (Å²) in [5.74, 6) is 1.81. The second kappa shape index (κ2) is 9.17. The lowest BCUT2D eigenvalue weighted by Crippen LogP contribution is -2.44. The first-order valence-corrected chi connectivity index (χ1v) is 11.5. The van der Waals surface area contributed by atoms with Gasteiger partial charge in [0.2, 0.25) is 0 Å². The SMILES string of the molecule is CN1CCN(c2ccnc(Nc3ncc(-c4ccnc(N5CCOCC5)c4)s3)c2)CC1. The van der Waals surface area contributed by atoms with E-state index in [1.54, 1.807) is 11.3 Å². The summed E-state index contributed by atoms with van der Waals surface area (Å²) in [5, 5.41) is 4.21. The molecule has 2 aliphatic heterocycles. The Labute approximate surface area is 186 Å². The third-order valence-corrected chi connectivity index (χ3v) is 6.68. The van der Waals surface area contributed by atoms with Crippen molar-refractivity contribution >= 4 is 33.8 Å². The van der Waals surface area contributed by atoms with Crippen molar-refractivity contribution in [3.05, 3.63) is 42.9 Å². The number of nitrogens with zero attached hydrogens (tertiary/aromatic N) is 6. The molecule has 2 aliphatic rings. The first-order valence-electron chi connectivity index (χ1n) is 10.7. The van der Waals surface area contributed by atoms with Crippen LogP contribution in [0, 0.1) is 0 Å². The summed E-state index contributed by atoms with van der Waals surface area (Å²) in [4.78, 5) is 21.7. The minimum absolute atomic E-state index is 0.751. The van der Waals surface area contributed by atoms with Crippen LogP contribution in [0.2, 0.25) is 0 Å². The molecule has 3 aromatic heterocycles. The number of morpholine rings is 1. The summed E-state index contributed by atoms with van der Waals surface area (Å²) in [6, 6.07) is 8.35. The number of thiazole rings is 1. The molecule has 2 fully saturated rings. The molecule has 8 nitrogen and oxygen atoms in total. The van der Waals surface area contributed by atoms with Crippen LogP contribution in [-0.4, -0.2) is 79.4 Å². The van der Waals surface area contributed by atoms with E-state index < -0.39 is 0 Å². The van der Waals surface area contributed by atoms with Crippen molar-refractivity contribution in [1.29, 1.82) is 0 Å². The number of hydrogen-bond acceptors (Lipinski definition) is 9. The molecule has 0 unspecified atom stereocenters. The molecule has 162 valence electrons. The molecule has 3 aromatic rings. The number of piperazine rings is 1. The monoisotopic (exact) mass is 437 g/mol. The molecule has 0 amide bonds. The normalized spacial score (nSPS) is 17.7. The van der Waals surface area contributed by atoms with Gasteiger partial charge < -0.3 is 24.8 Å². The maximum absolute atomic E-state index is 5.45. The van der Waals surface area contributed by atoms with Crippen molar-refractivity contribution < 1.29 is 4.74 Å². The maximum Gasteiger partial charge on any atom is 0.188 e. The van der Waals surface area contributed by atoms with Crippen LogP contribution >= 0.6 is 11.3 Å². The van der Waals surface area contributed by atoms with Gasteiger partial charge in [0.15, 0.2) is 5.13 Å². The van der Waals surface area contributed by atoms with Crippen molar-refractivity contribution in [3.8, 4) is 10.4 Å². The van der Waals surface area contributed by atoms with E-state index in [4.69, 9.17) is 4.74 Å². The van der Waals surface area contributed by atoms with Gasteiger partial charge in [-0.25, -0.2) is 15.0 Å². The second-order valence-corrected chi connectivity index (χ2v) is 8.88. The Kier molecular flexibility index (Phi) is 5.97. The molecular formula is C22H27N7OS. The molecule has 2 saturated heterocycles. The molecule has 0 saturated carbocycles. The van der Waals surface area contributed by atoms with Crippen LogP contribution in [0.4, 0.5) is 22.5 Å². The lowest BCUT2D eigenvalue weighted by atomic mass is 10.2. The number of anilines is 4. The molecule has 0 aliphatic carbocycles. The molecule has 9 heteroatoms. The standard InChI is InChI=1S/C22H27N7OS/c1-27-6-8-28(9-7-27)18-3-5-23-20(15-18)26-22-25-16-19(31-22)17-2-4-24-21(14-17)29-10-12-30-13-11-29/h2-5,14-16H,6-13H2,1H3,(H,23,25,26). The van der Waals surface area contributed by atoms with Crippen molar-refractivity contribution in [1.82, 2.24) is 19.9 Å². The van der Waals surface area contributed by atoms with Crippen molar-refractivity contribution in [3.63, 3.8) is 0 Å². The molecular weight excluding hydrogens is 410 g/mol. The first kappa shape index (κ1) is 20.2. The number of pyridine rings is 2. The fourth-order valence-electron chi connectivity index (χ4n) is 3.86. The third-order valence-electron chi connectivity index (χ3n) is 5.72. The summed E-state index contributed by atoms with van der Waals surface area (Å²) >= 11 is 1.62. The predicted molar refractivity (Wildman–Crippen MR) is 126 cm³/mol. The molecule has 0 aromatic carbocycles. The highest BCUT2D eigenvalue weighted by molar-refractivity contribution is 7.18. The summed E-state index contributed by atoms with van der Waals surface area (Å²) in [6.45, 7) is 7.49. The number of nitrogens with one attached hydrogen (secondary N) is 1. The summed E-state index contributed by atoms with van der Waals surface area (Å²) in [5.41, 5.74) is 2.33. The van der Waals surface area contributed by atoms with Crippen LogP contribution in [0.3, 0.4) is 0 Å². The Morgan fingerprint density at radius 3 is 2.55 bits per heavy atom. The average Bonchev–Trinajstić information content (AvgIpc) is 3.29. The number of likely N-dealkylation sites (N-methyl/N-ethyl adjacent to an activating group) is 1. The van der Waals surface area contributed by atoms with Gasteiger partial charge in [0.05, 0.1) is 18.1 Å². The molecule has 5 rings (SSSR count). The molecule has 0 spiro atoms. The van der Waals surface area contributed by atoms with Gasteiger partial charge >= 0.3 is 0 Å². The van der Waals surface area contributed by atoms with Gasteiger partial charge in [-0.3, -0.25) is 0 Å². The van der Waals surface area contributed by atoms with Gasteiger partial charge in [-0.15, -0.1) is 0 Å². The molecule has 0 radical (unpaired) electrons. The Morgan fingerprint density at radius 1 is 0.903 bits per heavy atom. The van der Waals surface area contributed by atoms with E-state index >= 15 is 0 Å². The minimum atomic E-state index is 0.751. The smallest absolute Gasteiger partial charge is 0.188 e. The number of ether oxygens (including phenoxy) is 1. The van der Waals surface area contributed by atoms with Gasteiger partial charge in [-0.05, 0) is 30.8 Å². The average molecular weight is 438 g/mol. The van der Waals surface area contributed by atoms with Crippen LogP contribution in [0.1, 0.15) is 0 Å². The largest absolute Gasteiger partial charge is 0.378 e. The predicted octanol–water partition coefficient (Wildman–Crippen LogP) is 2.93. The van der Waals surface area contributed by atoms with E-state index in [2.05, 4.69) is 60.2 Å². The molecule has 1 N–H and O–H groups in total. The summed E-state index contributed by atoms with van der Waals surface area (Å²) in [6.07, 6.45) is 5.64. The van der Waals surface area contributed by atoms with Gasteiger partial charge in [-0.1, -0.05) is 11.3 Å². The molecule has 31 heavy (non-hydrogen) atoms. The van der Waals surface area contributed by atoms with Crippen molar-refractivity contribution in [2.45, 2.75) is 0 Å². The van der Waals surface area contributed by atoms with Crippen molar-refractivity contribution in [2.75, 3.05) is 74.6 Å². The zero-order chi connectivity index (χ0) is 21.0. The van der Waals surface area contributed by atoms with E-state index in [1.807, 2.05) is 24.7 Å². The topological polar surface area (TPSA) is 69.7 Å². The van der Waals surface area contributed by atoms with Gasteiger partial charge in [0, 0.05) is 69.6 Å². The lowest BCUT2D eigenvalue weighted by Gasteiger charge is -2.34. The van der Waals surface area contributed by atoms with Gasteiger partial charge in [0.1, 0.15) is 11.6 Å². The van der Waals surface area contributed by atoms with Gasteiger partial charge in [-0.2, -0.15) is 0 Å². The zero-order valence-corrected chi connectivity index (χ0v) is 18.5. The first-order chi connectivity index (χ1) is 15.2. The number of hydrogen-bond donors (Lipinski definition) is 1. The van der Waals surface area contributed by atoms with Gasteiger partial charge in [0.25, 0.3) is 0 Å². The Balaban J connectivity index is 1.29. The molecule has 0 atom stereocenters. The van der Waals surface area contributed by atoms with E-state index in [-0.39, 0.29) is 0 Å². The third kappa shape index (κ3) is 4.79. The van der Waals surface area contributed by atoms with Crippen LogP contribution < -0.4 is 15.1 Å². The fourth-order valence-corrected chi connectivity index (χ4v) is 4.68. The quantitative estimate of drug-likeness (QED) is 0.653. The highest BCUT2D eigenvalue weighted by Gasteiger charge is 2.16. The summed E-state index contributed by atoms with van der Waals surface area (Å²) in [7, 11) is 2.17. The van der Waals surface area contributed by atoms with Crippen LogP contribution in [-0.2, 0) is 4.74 Å². The Hall–Kier alpha value is -2.75. The van der Waals surface area contributed by atoms with Crippen LogP contribution in [0.5, 0.6) is 0 Å². The Morgan fingerprint density at radius 2 is 1.71 bits per heavy atom. The number of rotatable bonds is 5. The fraction of sp³-hybridized carbons (Fsp3) is 0.409. The summed E-state index contributed by atoms with van der Waals surface area (Å²) < 4.78 is 5.45. The molecule has 5 heterocycles. The highest BCUT2D eigenvalue weighted by Crippen LogP contribution is 2.32. The second-order valence-electron chi connectivity index (χ2n) is 7.85. The highest BCUT2D eigenvalue weighted by atomic mass is 32.1. The van der Waals surface area contributed by atoms with E-state index in [1.165, 1.54) is 5.69 Å². The van der Waals surface area contributed by atoms with E-state index in [9.17, 15) is 0 Å². The van der Waals surface area contributed by atoms with Crippen LogP contribution in [0.25, 0.3) is 10.4 Å². The maximum atomic E-state index is 5.45. The Bertz CT molecular complexity index is 1010. The lowest BCUT2D eigenvalue weighted by molar-refractivity contribution is 0.122. The van der Waals surface area contributed by atoms with Crippen LogP contribution in [0.15, 0.2) is 42.9 Å². The zero-order valence-electron chi connectivity index (χ0n) is 17.7. The molecule has 0 bridgehead atoms. The van der Waals surface area contributed by atoms with E-state index in [0.29, 0.717) is 0 Å². The minimum Gasteiger partial charge on any atom is -0.378 e.